The van der Waals surface area contributed by atoms with Crippen LogP contribution in [0.3, 0.4) is 0 Å². The van der Waals surface area contributed by atoms with E-state index in [1.807, 2.05) is 48.5 Å². The molecule has 1 aromatic heterocycles. The Bertz CT molecular complexity index is 877. The van der Waals surface area contributed by atoms with E-state index in [0.29, 0.717) is 11.7 Å². The summed E-state index contributed by atoms with van der Waals surface area (Å²) in [6, 6.07) is 15.9. The number of carbonyl (C=O) groups excluding carboxylic acids is 1. The largest absolute Gasteiger partial charge is 0.484 e. The summed E-state index contributed by atoms with van der Waals surface area (Å²) in [5, 5.41) is 7.66. The second-order valence-electron chi connectivity index (χ2n) is 4.97. The minimum atomic E-state index is -0.728. The number of rotatable bonds is 6. The topological polar surface area (TPSA) is 116 Å². The zero-order valence-corrected chi connectivity index (χ0v) is 13.1. The number of carbonyl (C=O) groups is 1. The Morgan fingerprint density at radius 2 is 2.08 bits per heavy atom. The van der Waals surface area contributed by atoms with Crippen molar-refractivity contribution in [1.29, 1.82) is 0 Å². The summed E-state index contributed by atoms with van der Waals surface area (Å²) in [4.78, 5) is 14.9. The minimum Gasteiger partial charge on any atom is -0.484 e. The van der Waals surface area contributed by atoms with Crippen LogP contribution in [0.2, 0.25) is 0 Å². The van der Waals surface area contributed by atoms with Gasteiger partial charge < -0.3 is 15.0 Å². The molecular formula is C17H15N5O3. The molecule has 0 aliphatic heterocycles. The van der Waals surface area contributed by atoms with Crippen LogP contribution in [0.5, 0.6) is 5.75 Å². The molecule has 0 bridgehead atoms. The summed E-state index contributed by atoms with van der Waals surface area (Å²) in [6.07, 6.45) is 1.47. The van der Waals surface area contributed by atoms with Crippen LogP contribution in [0.15, 0.2) is 64.2 Å². The van der Waals surface area contributed by atoms with Crippen molar-refractivity contribution in [3.8, 4) is 17.1 Å². The third-order valence-corrected chi connectivity index (χ3v) is 3.11. The standard InChI is InChI=1S/C17H15N5O3/c18-17(23)21-19-10-12-5-4-6-13(9-12)16-20-15(25-22-16)11-24-14-7-2-1-3-8-14/h1-10H,11H2,(H3,18,21,23). The second-order valence-corrected chi connectivity index (χ2v) is 4.97. The number of aromatic nitrogens is 2. The number of nitrogens with two attached hydrogens (primary N) is 1. The number of hydrogen-bond acceptors (Lipinski definition) is 6. The van der Waals surface area contributed by atoms with E-state index in [1.54, 1.807) is 6.07 Å². The number of hydrogen-bond donors (Lipinski definition) is 2. The SMILES string of the molecule is NC(=O)NN=Cc1cccc(-c2noc(COc3ccccc3)n2)c1. The predicted octanol–water partition coefficient (Wildman–Crippen LogP) is 2.32. The van der Waals surface area contributed by atoms with E-state index in [0.717, 1.165) is 16.9 Å². The highest BCUT2D eigenvalue weighted by Gasteiger charge is 2.09. The molecule has 0 saturated carbocycles. The number of benzene rings is 2. The van der Waals surface area contributed by atoms with Crippen LogP contribution in [0, 0.1) is 0 Å². The molecular weight excluding hydrogens is 322 g/mol. The van der Waals surface area contributed by atoms with E-state index in [4.69, 9.17) is 15.0 Å². The molecule has 0 radical (unpaired) electrons. The quantitative estimate of drug-likeness (QED) is 0.529. The maximum atomic E-state index is 10.6. The molecule has 2 aromatic carbocycles. The molecule has 3 aromatic rings. The van der Waals surface area contributed by atoms with Crippen LogP contribution in [0.4, 0.5) is 4.79 Å². The van der Waals surface area contributed by atoms with Crippen LogP contribution < -0.4 is 15.9 Å². The van der Waals surface area contributed by atoms with Gasteiger partial charge in [-0.2, -0.15) is 10.1 Å². The van der Waals surface area contributed by atoms with Gasteiger partial charge in [-0.25, -0.2) is 10.2 Å². The van der Waals surface area contributed by atoms with Gasteiger partial charge in [-0.1, -0.05) is 41.6 Å². The molecule has 25 heavy (non-hydrogen) atoms. The van der Waals surface area contributed by atoms with Gasteiger partial charge in [0.15, 0.2) is 6.61 Å². The number of nitrogens with one attached hydrogen (secondary N) is 1. The molecule has 0 atom stereocenters. The van der Waals surface area contributed by atoms with E-state index in [9.17, 15) is 4.79 Å². The van der Waals surface area contributed by atoms with Crippen LogP contribution in [0.25, 0.3) is 11.4 Å². The fourth-order valence-electron chi connectivity index (χ4n) is 2.02. The zero-order valence-electron chi connectivity index (χ0n) is 13.1. The molecule has 3 N–H and O–H groups in total. The number of ether oxygens (including phenoxy) is 1. The Balaban J connectivity index is 1.67. The highest BCUT2D eigenvalue weighted by molar-refractivity contribution is 5.83. The molecule has 0 spiro atoms. The molecule has 8 heteroatoms. The van der Waals surface area contributed by atoms with Gasteiger partial charge in [0.2, 0.25) is 5.82 Å². The summed E-state index contributed by atoms with van der Waals surface area (Å²) in [7, 11) is 0. The van der Waals surface area contributed by atoms with Gasteiger partial charge >= 0.3 is 6.03 Å². The molecule has 0 aliphatic rings. The number of para-hydroxylation sites is 1. The molecule has 1 heterocycles. The van der Waals surface area contributed by atoms with Crippen molar-refractivity contribution in [1.82, 2.24) is 15.6 Å². The first-order valence-corrected chi connectivity index (χ1v) is 7.40. The van der Waals surface area contributed by atoms with Gasteiger partial charge in [0.25, 0.3) is 5.89 Å². The van der Waals surface area contributed by atoms with Crippen molar-refractivity contribution in [2.24, 2.45) is 10.8 Å². The average Bonchev–Trinajstić information content (AvgIpc) is 3.10. The first-order chi connectivity index (χ1) is 12.2. The Morgan fingerprint density at radius 3 is 2.88 bits per heavy atom. The van der Waals surface area contributed by atoms with E-state index in [1.165, 1.54) is 6.21 Å². The van der Waals surface area contributed by atoms with Crippen molar-refractivity contribution >= 4 is 12.2 Å². The minimum absolute atomic E-state index is 0.181. The Labute approximate surface area is 143 Å². The van der Waals surface area contributed by atoms with Gasteiger partial charge in [0.1, 0.15) is 5.75 Å². The normalized spacial score (nSPS) is 10.7. The lowest BCUT2D eigenvalue weighted by Gasteiger charge is -2.01. The highest BCUT2D eigenvalue weighted by Crippen LogP contribution is 2.18. The summed E-state index contributed by atoms with van der Waals surface area (Å²) in [5.41, 5.74) is 8.57. The number of hydrazone groups is 1. The zero-order chi connectivity index (χ0) is 17.5. The summed E-state index contributed by atoms with van der Waals surface area (Å²) in [6.45, 7) is 0.181. The third-order valence-electron chi connectivity index (χ3n) is 3.11. The molecule has 8 nitrogen and oxygen atoms in total. The number of primary amides is 1. The van der Waals surface area contributed by atoms with Crippen LogP contribution in [-0.2, 0) is 6.61 Å². The van der Waals surface area contributed by atoms with Gasteiger partial charge in [0.05, 0.1) is 6.21 Å². The van der Waals surface area contributed by atoms with Crippen LogP contribution in [-0.4, -0.2) is 22.4 Å². The van der Waals surface area contributed by atoms with E-state index in [2.05, 4.69) is 20.7 Å². The molecule has 0 saturated heterocycles. The van der Waals surface area contributed by atoms with Crippen LogP contribution in [0.1, 0.15) is 11.5 Å². The summed E-state index contributed by atoms with van der Waals surface area (Å²) < 4.78 is 10.8. The Morgan fingerprint density at radius 1 is 1.24 bits per heavy atom. The average molecular weight is 337 g/mol. The van der Waals surface area contributed by atoms with Gasteiger partial charge in [0, 0.05) is 5.56 Å². The highest BCUT2D eigenvalue weighted by atomic mass is 16.5. The van der Waals surface area contributed by atoms with E-state index < -0.39 is 6.03 Å². The fraction of sp³-hybridized carbons (Fsp3) is 0.0588. The van der Waals surface area contributed by atoms with Crippen LogP contribution >= 0.6 is 0 Å². The van der Waals surface area contributed by atoms with Gasteiger partial charge in [-0.15, -0.1) is 0 Å². The Kier molecular flexibility index (Phi) is 5.01. The van der Waals surface area contributed by atoms with Gasteiger partial charge in [-0.05, 0) is 23.8 Å². The maximum absolute atomic E-state index is 10.6. The lowest BCUT2D eigenvalue weighted by Crippen LogP contribution is -2.24. The monoisotopic (exact) mass is 337 g/mol. The molecule has 3 rings (SSSR count). The first-order valence-electron chi connectivity index (χ1n) is 7.40. The summed E-state index contributed by atoms with van der Waals surface area (Å²) >= 11 is 0. The van der Waals surface area contributed by atoms with E-state index >= 15 is 0 Å². The molecule has 0 aliphatic carbocycles. The van der Waals surface area contributed by atoms with Crippen molar-refractivity contribution in [3.63, 3.8) is 0 Å². The number of urea groups is 1. The molecule has 0 fully saturated rings. The number of amides is 2. The smallest absolute Gasteiger partial charge is 0.332 e. The molecule has 126 valence electrons. The van der Waals surface area contributed by atoms with Crippen molar-refractivity contribution < 1.29 is 14.1 Å². The third kappa shape index (κ3) is 4.64. The van der Waals surface area contributed by atoms with Gasteiger partial charge in [-0.3, -0.25) is 0 Å². The lowest BCUT2D eigenvalue weighted by molar-refractivity contribution is 0.243. The molecule has 2 amide bonds. The van der Waals surface area contributed by atoms with Crippen molar-refractivity contribution in [2.45, 2.75) is 6.61 Å². The maximum Gasteiger partial charge on any atom is 0.332 e. The second kappa shape index (κ2) is 7.73. The molecule has 0 unspecified atom stereocenters. The lowest BCUT2D eigenvalue weighted by atomic mass is 10.1. The number of nitrogens with zero attached hydrogens (tertiary/aromatic N) is 3. The fourth-order valence-corrected chi connectivity index (χ4v) is 2.02. The van der Waals surface area contributed by atoms with E-state index in [-0.39, 0.29) is 6.61 Å². The Hall–Kier alpha value is -3.68. The van der Waals surface area contributed by atoms with Crippen molar-refractivity contribution in [3.05, 3.63) is 66.1 Å². The summed E-state index contributed by atoms with van der Waals surface area (Å²) in [5.74, 6) is 1.53. The first kappa shape index (κ1) is 16.2. The van der Waals surface area contributed by atoms with Crippen molar-refractivity contribution in [2.75, 3.05) is 0 Å². The predicted molar refractivity (Wildman–Crippen MR) is 90.8 cm³/mol.